The van der Waals surface area contributed by atoms with Crippen LogP contribution in [0.25, 0.3) is 0 Å². The molecule has 0 aromatic heterocycles. The summed E-state index contributed by atoms with van der Waals surface area (Å²) in [6, 6.07) is 0.0104. The van der Waals surface area contributed by atoms with Crippen LogP contribution in [0.2, 0.25) is 0 Å². The maximum Gasteiger partial charge on any atom is 0.220 e. The fourth-order valence-electron chi connectivity index (χ4n) is 1.66. The molecular formula is C13H27N3O2. The van der Waals surface area contributed by atoms with E-state index in [0.29, 0.717) is 19.0 Å². The quantitative estimate of drug-likeness (QED) is 0.571. The Labute approximate surface area is 110 Å². The lowest BCUT2D eigenvalue weighted by molar-refractivity contribution is -0.126. The third-order valence-electron chi connectivity index (χ3n) is 2.56. The van der Waals surface area contributed by atoms with Gasteiger partial charge in [0.2, 0.25) is 11.8 Å². The first-order chi connectivity index (χ1) is 8.49. The molecule has 0 rings (SSSR count). The van der Waals surface area contributed by atoms with Crippen molar-refractivity contribution in [3.63, 3.8) is 0 Å². The minimum absolute atomic E-state index is 0.0104. The molecule has 0 aliphatic carbocycles. The van der Waals surface area contributed by atoms with Crippen LogP contribution >= 0.6 is 0 Å². The Morgan fingerprint density at radius 2 is 1.78 bits per heavy atom. The van der Waals surface area contributed by atoms with Crippen LogP contribution in [0.4, 0.5) is 0 Å². The van der Waals surface area contributed by atoms with Gasteiger partial charge in [-0.3, -0.25) is 9.59 Å². The van der Waals surface area contributed by atoms with Gasteiger partial charge in [-0.05, 0) is 18.8 Å². The van der Waals surface area contributed by atoms with E-state index in [2.05, 4.69) is 24.5 Å². The van der Waals surface area contributed by atoms with Gasteiger partial charge in [-0.2, -0.15) is 0 Å². The Morgan fingerprint density at radius 3 is 2.28 bits per heavy atom. The molecule has 0 aromatic carbocycles. The predicted octanol–water partition coefficient (Wildman–Crippen LogP) is 0.782. The Kier molecular flexibility index (Phi) is 9.28. The summed E-state index contributed by atoms with van der Waals surface area (Å²) in [5.74, 6) is 0.324. The van der Waals surface area contributed by atoms with Crippen molar-refractivity contribution in [1.29, 1.82) is 0 Å². The van der Waals surface area contributed by atoms with Crippen LogP contribution in [0.15, 0.2) is 0 Å². The Hall–Kier alpha value is -1.10. The highest BCUT2D eigenvalue weighted by Gasteiger charge is 2.13. The molecule has 0 spiro atoms. The van der Waals surface area contributed by atoms with Crippen LogP contribution < -0.4 is 16.4 Å². The molecular weight excluding hydrogens is 230 g/mol. The van der Waals surface area contributed by atoms with Gasteiger partial charge < -0.3 is 16.4 Å². The smallest absolute Gasteiger partial charge is 0.220 e. The fraction of sp³-hybridized carbons (Fsp3) is 0.846. The Bertz CT molecular complexity index is 255. The predicted molar refractivity (Wildman–Crippen MR) is 73.0 cm³/mol. The molecule has 1 atom stereocenters. The lowest BCUT2D eigenvalue weighted by Crippen LogP contribution is -2.41. The average Bonchev–Trinajstić information content (AvgIpc) is 2.32. The van der Waals surface area contributed by atoms with Crippen molar-refractivity contribution in [3.8, 4) is 0 Å². The fourth-order valence-corrected chi connectivity index (χ4v) is 1.66. The lowest BCUT2D eigenvalue weighted by Gasteiger charge is -2.18. The van der Waals surface area contributed by atoms with E-state index in [1.807, 2.05) is 6.92 Å². The number of carbonyl (C=O) groups excluding carboxylic acids is 2. The zero-order valence-electron chi connectivity index (χ0n) is 11.8. The van der Waals surface area contributed by atoms with Crippen LogP contribution in [0, 0.1) is 5.92 Å². The number of hydrogen-bond acceptors (Lipinski definition) is 3. The molecule has 0 bridgehead atoms. The normalized spacial score (nSPS) is 12.3. The second kappa shape index (κ2) is 9.88. The summed E-state index contributed by atoms with van der Waals surface area (Å²) < 4.78 is 0. The van der Waals surface area contributed by atoms with Crippen molar-refractivity contribution in [3.05, 3.63) is 0 Å². The van der Waals surface area contributed by atoms with E-state index in [4.69, 9.17) is 5.73 Å². The van der Waals surface area contributed by atoms with Crippen LogP contribution in [0.5, 0.6) is 0 Å². The summed E-state index contributed by atoms with van der Waals surface area (Å²) >= 11 is 0. The number of nitrogens with one attached hydrogen (secondary N) is 2. The van der Waals surface area contributed by atoms with Gasteiger partial charge in [0.1, 0.15) is 0 Å². The maximum absolute atomic E-state index is 11.6. The van der Waals surface area contributed by atoms with Crippen molar-refractivity contribution in [2.75, 3.05) is 13.1 Å². The van der Waals surface area contributed by atoms with Gasteiger partial charge >= 0.3 is 0 Å². The monoisotopic (exact) mass is 257 g/mol. The maximum atomic E-state index is 11.6. The first-order valence-corrected chi connectivity index (χ1v) is 6.75. The van der Waals surface area contributed by atoms with Gasteiger partial charge in [-0.15, -0.1) is 0 Å². The summed E-state index contributed by atoms with van der Waals surface area (Å²) in [5, 5.41) is 5.61. The number of hydrogen-bond donors (Lipinski definition) is 3. The summed E-state index contributed by atoms with van der Waals surface area (Å²) in [6.07, 6.45) is 2.24. The molecule has 1 unspecified atom stereocenters. The van der Waals surface area contributed by atoms with E-state index >= 15 is 0 Å². The van der Waals surface area contributed by atoms with Crippen molar-refractivity contribution in [2.45, 2.75) is 52.5 Å². The highest BCUT2D eigenvalue weighted by molar-refractivity contribution is 5.83. The molecule has 0 saturated carbocycles. The topological polar surface area (TPSA) is 84.2 Å². The van der Waals surface area contributed by atoms with E-state index in [1.165, 1.54) is 0 Å². The van der Waals surface area contributed by atoms with E-state index in [1.54, 1.807) is 0 Å². The molecule has 0 aliphatic heterocycles. The van der Waals surface area contributed by atoms with Gasteiger partial charge in [0.15, 0.2) is 0 Å². The van der Waals surface area contributed by atoms with E-state index < -0.39 is 0 Å². The van der Waals surface area contributed by atoms with Gasteiger partial charge in [-0.25, -0.2) is 0 Å². The molecule has 0 radical (unpaired) electrons. The van der Waals surface area contributed by atoms with E-state index in [0.717, 1.165) is 12.8 Å². The minimum atomic E-state index is -0.0993. The van der Waals surface area contributed by atoms with E-state index in [9.17, 15) is 9.59 Å². The molecule has 0 aliphatic rings. The number of rotatable bonds is 9. The molecule has 5 heteroatoms. The molecule has 2 amide bonds. The number of amides is 2. The lowest BCUT2D eigenvalue weighted by atomic mass is 10.0. The summed E-state index contributed by atoms with van der Waals surface area (Å²) in [7, 11) is 0. The first kappa shape index (κ1) is 16.9. The Balaban J connectivity index is 3.84. The van der Waals surface area contributed by atoms with Crippen LogP contribution in [0.1, 0.15) is 46.5 Å². The molecule has 4 N–H and O–H groups in total. The van der Waals surface area contributed by atoms with E-state index in [-0.39, 0.29) is 30.7 Å². The third kappa shape index (κ3) is 8.98. The standard InChI is InChI=1S/C13H27N3O2/c1-4-7-15-12(17)5-6-13(18)16-11(9-14)8-10(2)3/h10-11H,4-9,14H2,1-3H3,(H,15,17)(H,16,18). The second-order valence-corrected chi connectivity index (χ2v) is 4.98. The van der Waals surface area contributed by atoms with Crippen molar-refractivity contribution in [2.24, 2.45) is 11.7 Å². The average molecular weight is 257 g/mol. The third-order valence-corrected chi connectivity index (χ3v) is 2.56. The Morgan fingerprint density at radius 1 is 1.17 bits per heavy atom. The summed E-state index contributed by atoms with van der Waals surface area (Å²) in [4.78, 5) is 22.9. The molecule has 0 saturated heterocycles. The van der Waals surface area contributed by atoms with Gasteiger partial charge in [-0.1, -0.05) is 20.8 Å². The molecule has 106 valence electrons. The molecule has 5 nitrogen and oxygen atoms in total. The summed E-state index contributed by atoms with van der Waals surface area (Å²) in [5.41, 5.74) is 5.60. The van der Waals surface area contributed by atoms with Crippen molar-refractivity contribution < 1.29 is 9.59 Å². The van der Waals surface area contributed by atoms with Crippen LogP contribution in [-0.2, 0) is 9.59 Å². The molecule has 0 aromatic rings. The van der Waals surface area contributed by atoms with Gasteiger partial charge in [0.25, 0.3) is 0 Å². The molecule has 0 heterocycles. The largest absolute Gasteiger partial charge is 0.356 e. The van der Waals surface area contributed by atoms with Crippen molar-refractivity contribution >= 4 is 11.8 Å². The minimum Gasteiger partial charge on any atom is -0.356 e. The zero-order chi connectivity index (χ0) is 14.0. The number of carbonyl (C=O) groups is 2. The first-order valence-electron chi connectivity index (χ1n) is 6.75. The highest BCUT2D eigenvalue weighted by atomic mass is 16.2. The SMILES string of the molecule is CCCNC(=O)CCC(=O)NC(CN)CC(C)C. The van der Waals surface area contributed by atoms with Crippen LogP contribution in [-0.4, -0.2) is 30.9 Å². The molecule has 18 heavy (non-hydrogen) atoms. The summed E-state index contributed by atoms with van der Waals surface area (Å²) in [6.45, 7) is 7.27. The zero-order valence-corrected chi connectivity index (χ0v) is 11.8. The highest BCUT2D eigenvalue weighted by Crippen LogP contribution is 2.04. The molecule has 0 fully saturated rings. The van der Waals surface area contributed by atoms with Crippen molar-refractivity contribution in [1.82, 2.24) is 10.6 Å². The van der Waals surface area contributed by atoms with Gasteiger partial charge in [0.05, 0.1) is 0 Å². The number of nitrogens with two attached hydrogens (primary N) is 1. The second-order valence-electron chi connectivity index (χ2n) is 4.98. The van der Waals surface area contributed by atoms with Crippen LogP contribution in [0.3, 0.4) is 0 Å². The van der Waals surface area contributed by atoms with Gasteiger partial charge in [0, 0.05) is 32.0 Å².